The molecule has 1 aromatic carbocycles. The van der Waals surface area contributed by atoms with Gasteiger partial charge in [-0.1, -0.05) is 12.1 Å². The Labute approximate surface area is 130 Å². The van der Waals surface area contributed by atoms with Crippen LogP contribution in [0.1, 0.15) is 31.1 Å². The summed E-state index contributed by atoms with van der Waals surface area (Å²) in [4.78, 5) is 23.8. The number of benzene rings is 1. The van der Waals surface area contributed by atoms with E-state index in [-0.39, 0.29) is 17.3 Å². The zero-order chi connectivity index (χ0) is 16.9. The summed E-state index contributed by atoms with van der Waals surface area (Å²) in [5.74, 6) is -1.20. The quantitative estimate of drug-likeness (QED) is 0.762. The molecule has 1 amide bonds. The third-order valence-electron chi connectivity index (χ3n) is 2.53. The Morgan fingerprint density at radius 2 is 1.73 bits per heavy atom. The van der Waals surface area contributed by atoms with Crippen LogP contribution in [0.2, 0.25) is 0 Å². The zero-order valence-electron chi connectivity index (χ0n) is 12.9. The van der Waals surface area contributed by atoms with Gasteiger partial charge in [-0.2, -0.15) is 0 Å². The van der Waals surface area contributed by atoms with Crippen LogP contribution in [-0.2, 0) is 19.6 Å². The molecule has 0 aromatic heterocycles. The highest BCUT2D eigenvalue weighted by atomic mass is 32.2. The first-order valence-corrected chi connectivity index (χ1v) is 8.57. The average molecular weight is 328 g/mol. The van der Waals surface area contributed by atoms with Crippen molar-refractivity contribution < 1.29 is 22.7 Å². The molecule has 1 rings (SSSR count). The van der Waals surface area contributed by atoms with E-state index in [9.17, 15) is 18.0 Å². The first-order chi connectivity index (χ1) is 10.1. The second-order valence-electron chi connectivity index (χ2n) is 5.13. The first kappa shape index (κ1) is 18.0. The summed E-state index contributed by atoms with van der Waals surface area (Å²) in [6.07, 6.45) is -0.00503. The molecule has 0 aliphatic rings. The van der Waals surface area contributed by atoms with Crippen molar-refractivity contribution in [1.29, 1.82) is 0 Å². The van der Waals surface area contributed by atoms with Gasteiger partial charge < -0.3 is 10.1 Å². The fourth-order valence-corrected chi connectivity index (χ4v) is 2.21. The number of amides is 1. The van der Waals surface area contributed by atoms with E-state index in [0.29, 0.717) is 0 Å². The molecule has 0 bridgehead atoms. The highest BCUT2D eigenvalue weighted by Crippen LogP contribution is 2.18. The van der Waals surface area contributed by atoms with Gasteiger partial charge in [-0.05, 0) is 32.9 Å². The third kappa shape index (κ3) is 5.72. The summed E-state index contributed by atoms with van der Waals surface area (Å²) >= 11 is 0. The van der Waals surface area contributed by atoms with Gasteiger partial charge >= 0.3 is 5.97 Å². The molecule has 0 heterocycles. The molecular weight excluding hydrogens is 308 g/mol. The van der Waals surface area contributed by atoms with Crippen molar-refractivity contribution in [3.05, 3.63) is 29.8 Å². The van der Waals surface area contributed by atoms with Crippen LogP contribution in [0.25, 0.3) is 0 Å². The van der Waals surface area contributed by atoms with E-state index < -0.39 is 28.0 Å². The van der Waals surface area contributed by atoms with Crippen LogP contribution in [0.5, 0.6) is 0 Å². The summed E-state index contributed by atoms with van der Waals surface area (Å²) in [6.45, 7) is 5.03. The van der Waals surface area contributed by atoms with Gasteiger partial charge in [0.15, 0.2) is 6.10 Å². The van der Waals surface area contributed by atoms with Crippen LogP contribution in [-0.4, -0.2) is 38.7 Å². The van der Waals surface area contributed by atoms with Crippen LogP contribution in [0, 0.1) is 0 Å². The Hall–Kier alpha value is -2.09. The number of anilines is 1. The van der Waals surface area contributed by atoms with E-state index in [1.807, 2.05) is 0 Å². The van der Waals surface area contributed by atoms with E-state index >= 15 is 0 Å². The number of carbonyl (C=O) groups excluding carboxylic acids is 2. The lowest BCUT2D eigenvalue weighted by atomic mass is 10.2. The number of rotatable bonds is 6. The lowest BCUT2D eigenvalue weighted by molar-refractivity contribution is -0.129. The predicted octanol–water partition coefficient (Wildman–Crippen LogP) is 1.13. The molecule has 1 aromatic rings. The van der Waals surface area contributed by atoms with Gasteiger partial charge in [-0.25, -0.2) is 13.2 Å². The van der Waals surface area contributed by atoms with Crippen molar-refractivity contribution >= 4 is 27.6 Å². The number of sulfonamides is 1. The zero-order valence-corrected chi connectivity index (χ0v) is 13.7. The molecule has 0 aliphatic heterocycles. The summed E-state index contributed by atoms with van der Waals surface area (Å²) < 4.78 is 29.9. The summed E-state index contributed by atoms with van der Waals surface area (Å²) in [5.41, 5.74) is 0.142. The number of esters is 1. The molecule has 0 saturated heterocycles. The minimum Gasteiger partial charge on any atom is -0.449 e. The molecule has 0 radical (unpaired) electrons. The van der Waals surface area contributed by atoms with Gasteiger partial charge in [-0.15, -0.1) is 0 Å². The largest absolute Gasteiger partial charge is 0.449 e. The van der Waals surface area contributed by atoms with Crippen molar-refractivity contribution in [2.24, 2.45) is 0 Å². The Kier molecular flexibility index (Phi) is 5.92. The minimum atomic E-state index is -3.53. The Morgan fingerprint density at radius 1 is 1.14 bits per heavy atom. The van der Waals surface area contributed by atoms with E-state index in [1.54, 1.807) is 26.0 Å². The number of nitrogens with one attached hydrogen (secondary N) is 2. The maximum Gasteiger partial charge on any atom is 0.341 e. The molecule has 8 heteroatoms. The Bertz CT molecular complexity index is 655. The van der Waals surface area contributed by atoms with Gasteiger partial charge in [0.2, 0.25) is 10.0 Å². The number of carbonyl (C=O) groups is 2. The minimum absolute atomic E-state index is 0.0390. The van der Waals surface area contributed by atoms with Crippen molar-refractivity contribution in [2.45, 2.75) is 32.9 Å². The van der Waals surface area contributed by atoms with E-state index in [0.717, 1.165) is 6.26 Å². The van der Waals surface area contributed by atoms with Crippen LogP contribution in [0.4, 0.5) is 5.69 Å². The molecule has 7 nitrogen and oxygen atoms in total. The van der Waals surface area contributed by atoms with Gasteiger partial charge in [0.25, 0.3) is 5.91 Å². The highest BCUT2D eigenvalue weighted by molar-refractivity contribution is 7.92. The molecule has 2 N–H and O–H groups in total. The summed E-state index contributed by atoms with van der Waals surface area (Å²) in [5, 5.41) is 2.62. The van der Waals surface area contributed by atoms with E-state index in [1.165, 1.54) is 19.1 Å². The number of hydrogen-bond donors (Lipinski definition) is 2. The average Bonchev–Trinajstić information content (AvgIpc) is 2.36. The molecule has 22 heavy (non-hydrogen) atoms. The first-order valence-electron chi connectivity index (χ1n) is 6.68. The summed E-state index contributed by atoms with van der Waals surface area (Å²) in [7, 11) is -3.53. The van der Waals surface area contributed by atoms with Crippen LogP contribution >= 0.6 is 0 Å². The van der Waals surface area contributed by atoms with Crippen LogP contribution in [0.15, 0.2) is 24.3 Å². The van der Waals surface area contributed by atoms with Crippen LogP contribution in [0.3, 0.4) is 0 Å². The summed E-state index contributed by atoms with van der Waals surface area (Å²) in [6, 6.07) is 5.94. The Balaban J connectivity index is 2.88. The number of para-hydroxylation sites is 1. The molecular formula is C14H20N2O5S. The monoisotopic (exact) mass is 328 g/mol. The van der Waals surface area contributed by atoms with Gasteiger partial charge in [0.1, 0.15) is 0 Å². The number of ether oxygens (including phenoxy) is 1. The second kappa shape index (κ2) is 7.26. The molecule has 122 valence electrons. The molecule has 0 aliphatic carbocycles. The highest BCUT2D eigenvalue weighted by Gasteiger charge is 2.21. The molecule has 0 unspecified atom stereocenters. The smallest absolute Gasteiger partial charge is 0.341 e. The Morgan fingerprint density at radius 3 is 2.27 bits per heavy atom. The van der Waals surface area contributed by atoms with Gasteiger partial charge in [0.05, 0.1) is 17.5 Å². The lowest BCUT2D eigenvalue weighted by Crippen LogP contribution is -2.39. The molecule has 0 saturated carbocycles. The second-order valence-corrected chi connectivity index (χ2v) is 6.88. The fourth-order valence-electron chi connectivity index (χ4n) is 1.63. The van der Waals surface area contributed by atoms with Crippen molar-refractivity contribution in [3.63, 3.8) is 0 Å². The normalized spacial score (nSPS) is 12.6. The predicted molar refractivity (Wildman–Crippen MR) is 83.1 cm³/mol. The number of hydrogen-bond acceptors (Lipinski definition) is 5. The maximum atomic E-state index is 12.1. The van der Waals surface area contributed by atoms with E-state index in [4.69, 9.17) is 4.74 Å². The van der Waals surface area contributed by atoms with Crippen molar-refractivity contribution in [1.82, 2.24) is 5.32 Å². The van der Waals surface area contributed by atoms with Gasteiger partial charge in [-0.3, -0.25) is 9.52 Å². The lowest BCUT2D eigenvalue weighted by Gasteiger charge is -2.16. The maximum absolute atomic E-state index is 12.1. The fraction of sp³-hybridized carbons (Fsp3) is 0.429. The molecule has 0 spiro atoms. The van der Waals surface area contributed by atoms with Crippen LogP contribution < -0.4 is 10.0 Å². The van der Waals surface area contributed by atoms with E-state index in [2.05, 4.69) is 10.0 Å². The molecule has 1 atom stereocenters. The molecule has 0 fully saturated rings. The topological polar surface area (TPSA) is 102 Å². The third-order valence-corrected chi connectivity index (χ3v) is 3.12. The SMILES string of the molecule is CC(C)NC(=O)[C@@H](C)OC(=O)c1ccccc1NS(C)(=O)=O. The van der Waals surface area contributed by atoms with Crippen molar-refractivity contribution in [2.75, 3.05) is 11.0 Å². The van der Waals surface area contributed by atoms with Crippen molar-refractivity contribution in [3.8, 4) is 0 Å². The standard InChI is InChI=1S/C14H20N2O5S/c1-9(2)15-13(17)10(3)21-14(18)11-7-5-6-8-12(11)16-22(4,19)20/h5-10,16H,1-4H3,(H,15,17)/t10-/m1/s1. The van der Waals surface area contributed by atoms with Gasteiger partial charge in [0, 0.05) is 6.04 Å².